The van der Waals surface area contributed by atoms with Crippen molar-refractivity contribution in [2.24, 2.45) is 0 Å². The maximum atomic E-state index is 11.4. The molecule has 0 saturated heterocycles. The SMILES string of the molecule is C=CCOc1cc(OC(=O)C(=C)C)ccc1C(=O)Cl. The Balaban J connectivity index is 3.03. The van der Waals surface area contributed by atoms with Gasteiger partial charge in [0.25, 0.3) is 5.24 Å². The van der Waals surface area contributed by atoms with Gasteiger partial charge in [0.15, 0.2) is 0 Å². The number of halogens is 1. The molecule has 0 radical (unpaired) electrons. The highest BCUT2D eigenvalue weighted by molar-refractivity contribution is 6.68. The van der Waals surface area contributed by atoms with E-state index in [1.54, 1.807) is 0 Å². The molecule has 0 bridgehead atoms. The Bertz CT molecular complexity index is 534. The van der Waals surface area contributed by atoms with Gasteiger partial charge < -0.3 is 9.47 Å². The van der Waals surface area contributed by atoms with Crippen LogP contribution in [0.25, 0.3) is 0 Å². The van der Waals surface area contributed by atoms with Crippen LogP contribution in [0.4, 0.5) is 0 Å². The highest BCUT2D eigenvalue weighted by Gasteiger charge is 2.13. The number of rotatable bonds is 6. The van der Waals surface area contributed by atoms with E-state index in [1.807, 2.05) is 0 Å². The average Bonchev–Trinajstić information content (AvgIpc) is 2.35. The summed E-state index contributed by atoms with van der Waals surface area (Å²) in [7, 11) is 0. The third kappa shape index (κ3) is 4.26. The fourth-order valence-corrected chi connectivity index (χ4v) is 1.35. The molecule has 0 amide bonds. The second-order valence-corrected chi connectivity index (χ2v) is 4.04. The number of carbonyl (C=O) groups excluding carboxylic acids is 2. The normalized spacial score (nSPS) is 9.58. The second kappa shape index (κ2) is 6.75. The predicted molar refractivity (Wildman–Crippen MR) is 72.8 cm³/mol. The van der Waals surface area contributed by atoms with Gasteiger partial charge in [-0.3, -0.25) is 4.79 Å². The molecule has 0 aliphatic rings. The van der Waals surface area contributed by atoms with Gasteiger partial charge in [-0.2, -0.15) is 0 Å². The maximum Gasteiger partial charge on any atom is 0.338 e. The van der Waals surface area contributed by atoms with Gasteiger partial charge in [-0.25, -0.2) is 4.79 Å². The van der Waals surface area contributed by atoms with Crippen molar-refractivity contribution in [2.45, 2.75) is 6.92 Å². The zero-order valence-electron chi connectivity index (χ0n) is 10.4. The number of hydrogen-bond acceptors (Lipinski definition) is 4. The smallest absolute Gasteiger partial charge is 0.338 e. The van der Waals surface area contributed by atoms with Gasteiger partial charge in [-0.05, 0) is 30.7 Å². The van der Waals surface area contributed by atoms with Crippen LogP contribution >= 0.6 is 11.6 Å². The van der Waals surface area contributed by atoms with E-state index in [0.717, 1.165) is 0 Å². The predicted octanol–water partition coefficient (Wildman–Crippen LogP) is 3.11. The lowest BCUT2D eigenvalue weighted by atomic mass is 10.2. The van der Waals surface area contributed by atoms with Gasteiger partial charge in [0.2, 0.25) is 0 Å². The van der Waals surface area contributed by atoms with Crippen molar-refractivity contribution in [3.63, 3.8) is 0 Å². The van der Waals surface area contributed by atoms with Crippen LogP contribution in [0.1, 0.15) is 17.3 Å². The van der Waals surface area contributed by atoms with Crippen LogP contribution in [0, 0.1) is 0 Å². The van der Waals surface area contributed by atoms with Crippen molar-refractivity contribution in [1.82, 2.24) is 0 Å². The van der Waals surface area contributed by atoms with E-state index in [-0.39, 0.29) is 29.2 Å². The molecule has 0 saturated carbocycles. The standard InChI is InChI=1S/C14H13ClO4/c1-4-7-18-12-8-10(19-14(17)9(2)3)5-6-11(12)13(15)16/h4-6,8H,1-2,7H2,3H3. The Labute approximate surface area is 116 Å². The molecule has 0 spiro atoms. The monoisotopic (exact) mass is 280 g/mol. The first-order valence-electron chi connectivity index (χ1n) is 5.41. The number of hydrogen-bond donors (Lipinski definition) is 0. The van der Waals surface area contributed by atoms with Gasteiger partial charge in [0.1, 0.15) is 18.1 Å². The van der Waals surface area contributed by atoms with E-state index in [0.29, 0.717) is 0 Å². The summed E-state index contributed by atoms with van der Waals surface area (Å²) in [5, 5.41) is -0.656. The highest BCUT2D eigenvalue weighted by atomic mass is 35.5. The first-order valence-corrected chi connectivity index (χ1v) is 5.78. The minimum Gasteiger partial charge on any atom is -0.489 e. The molecule has 5 heteroatoms. The number of benzene rings is 1. The van der Waals surface area contributed by atoms with E-state index in [1.165, 1.54) is 31.2 Å². The largest absolute Gasteiger partial charge is 0.489 e. The van der Waals surface area contributed by atoms with Gasteiger partial charge in [0.05, 0.1) is 5.56 Å². The summed E-state index contributed by atoms with van der Waals surface area (Å²) in [5.74, 6) is -0.0831. The van der Waals surface area contributed by atoms with Crippen molar-refractivity contribution >= 4 is 22.8 Å². The fraction of sp³-hybridized carbons (Fsp3) is 0.143. The summed E-state index contributed by atoms with van der Waals surface area (Å²) in [4.78, 5) is 22.6. The van der Waals surface area contributed by atoms with Crippen molar-refractivity contribution in [3.8, 4) is 11.5 Å². The second-order valence-electron chi connectivity index (χ2n) is 3.70. The molecule has 0 fully saturated rings. The van der Waals surface area contributed by atoms with Crippen LogP contribution in [0.15, 0.2) is 43.0 Å². The lowest BCUT2D eigenvalue weighted by Crippen LogP contribution is -2.09. The molecule has 0 aliphatic carbocycles. The first kappa shape index (κ1) is 15.0. The highest BCUT2D eigenvalue weighted by Crippen LogP contribution is 2.26. The van der Waals surface area contributed by atoms with Crippen LogP contribution in [0.3, 0.4) is 0 Å². The van der Waals surface area contributed by atoms with Gasteiger partial charge >= 0.3 is 5.97 Å². The quantitative estimate of drug-likeness (QED) is 0.264. The Hall–Kier alpha value is -2.07. The summed E-state index contributed by atoms with van der Waals surface area (Å²) >= 11 is 5.43. The van der Waals surface area contributed by atoms with Gasteiger partial charge in [0, 0.05) is 11.6 Å². The Morgan fingerprint density at radius 3 is 2.63 bits per heavy atom. The lowest BCUT2D eigenvalue weighted by Gasteiger charge is -2.10. The molecule has 1 rings (SSSR count). The molecule has 0 aromatic heterocycles. The van der Waals surface area contributed by atoms with Crippen molar-refractivity contribution in [1.29, 1.82) is 0 Å². The van der Waals surface area contributed by atoms with E-state index in [2.05, 4.69) is 13.2 Å². The van der Waals surface area contributed by atoms with Gasteiger partial charge in [-0.15, -0.1) is 0 Å². The van der Waals surface area contributed by atoms with Crippen LogP contribution in [-0.2, 0) is 4.79 Å². The topological polar surface area (TPSA) is 52.6 Å². The Kier molecular flexibility index (Phi) is 5.33. The molecule has 0 atom stereocenters. The number of esters is 1. The van der Waals surface area contributed by atoms with E-state index >= 15 is 0 Å². The third-order valence-corrected chi connectivity index (χ3v) is 2.28. The molecule has 19 heavy (non-hydrogen) atoms. The summed E-state index contributed by atoms with van der Waals surface area (Å²) in [6.07, 6.45) is 1.52. The minimum absolute atomic E-state index is 0.193. The Morgan fingerprint density at radius 1 is 1.42 bits per heavy atom. The van der Waals surface area contributed by atoms with Crippen molar-refractivity contribution < 1.29 is 19.1 Å². The number of carbonyl (C=O) groups is 2. The summed E-state index contributed by atoms with van der Waals surface area (Å²) < 4.78 is 10.3. The molecule has 0 heterocycles. The molecule has 100 valence electrons. The third-order valence-electron chi connectivity index (χ3n) is 2.08. The molecule has 1 aromatic carbocycles. The minimum atomic E-state index is -0.656. The van der Waals surface area contributed by atoms with E-state index in [4.69, 9.17) is 21.1 Å². The van der Waals surface area contributed by atoms with Crippen molar-refractivity contribution in [2.75, 3.05) is 6.61 Å². The Morgan fingerprint density at radius 2 is 2.11 bits per heavy atom. The van der Waals surface area contributed by atoms with Crippen LogP contribution < -0.4 is 9.47 Å². The summed E-state index contributed by atoms with van der Waals surface area (Å²) in [6, 6.07) is 4.30. The van der Waals surface area contributed by atoms with Crippen molar-refractivity contribution in [3.05, 3.63) is 48.6 Å². The number of ether oxygens (including phenoxy) is 2. The summed E-state index contributed by atoms with van der Waals surface area (Å²) in [6.45, 7) is 8.72. The first-order chi connectivity index (χ1) is 8.95. The molecule has 1 aromatic rings. The molecule has 0 aliphatic heterocycles. The molecular formula is C14H13ClO4. The molecule has 4 nitrogen and oxygen atoms in total. The lowest BCUT2D eigenvalue weighted by molar-refractivity contribution is -0.130. The van der Waals surface area contributed by atoms with Crippen LogP contribution in [-0.4, -0.2) is 17.8 Å². The van der Waals surface area contributed by atoms with E-state index in [9.17, 15) is 9.59 Å². The molecule has 0 N–H and O–H groups in total. The summed E-state index contributed by atoms with van der Waals surface area (Å²) in [5.41, 5.74) is 0.463. The molecule has 0 unspecified atom stereocenters. The fourth-order valence-electron chi connectivity index (χ4n) is 1.19. The van der Waals surface area contributed by atoms with Crippen LogP contribution in [0.2, 0.25) is 0 Å². The maximum absolute atomic E-state index is 11.4. The average molecular weight is 281 g/mol. The molecular weight excluding hydrogens is 268 g/mol. The van der Waals surface area contributed by atoms with Crippen LogP contribution in [0.5, 0.6) is 11.5 Å². The zero-order valence-corrected chi connectivity index (χ0v) is 11.2. The van der Waals surface area contributed by atoms with Gasteiger partial charge in [-0.1, -0.05) is 19.2 Å². The van der Waals surface area contributed by atoms with E-state index < -0.39 is 11.2 Å². The zero-order chi connectivity index (χ0) is 14.4.